The molecule has 1 aliphatic heterocycles. The minimum absolute atomic E-state index is 0.0650. The van der Waals surface area contributed by atoms with Crippen LogP contribution in [-0.2, 0) is 19.2 Å². The number of hydroxylamine groups is 2. The van der Waals surface area contributed by atoms with Crippen LogP contribution in [0.15, 0.2) is 48.5 Å². The topological polar surface area (TPSA) is 84.9 Å². The third-order valence-corrected chi connectivity index (χ3v) is 5.77. The third kappa shape index (κ3) is 4.26. The number of rotatable bonds is 6. The van der Waals surface area contributed by atoms with E-state index in [2.05, 4.69) is 17.4 Å². The van der Waals surface area contributed by atoms with Crippen LogP contribution >= 0.6 is 0 Å². The lowest BCUT2D eigenvalue weighted by Crippen LogP contribution is -2.47. The van der Waals surface area contributed by atoms with Crippen LogP contribution in [0.1, 0.15) is 43.7 Å². The summed E-state index contributed by atoms with van der Waals surface area (Å²) in [7, 11) is 0. The summed E-state index contributed by atoms with van der Waals surface area (Å²) in [5.74, 6) is -1.19. The summed E-state index contributed by atoms with van der Waals surface area (Å²) in [5.41, 5.74) is 4.52. The van der Waals surface area contributed by atoms with Crippen LogP contribution in [0.4, 0.5) is 4.79 Å². The lowest BCUT2D eigenvalue weighted by atomic mass is 9.98. The molecule has 1 heterocycles. The van der Waals surface area contributed by atoms with Gasteiger partial charge in [-0.3, -0.25) is 4.79 Å². The van der Waals surface area contributed by atoms with Crippen LogP contribution in [0.5, 0.6) is 0 Å². The van der Waals surface area contributed by atoms with Crippen LogP contribution in [-0.4, -0.2) is 42.2 Å². The number of hydrogen-bond donors (Lipinski definition) is 1. The van der Waals surface area contributed by atoms with Crippen LogP contribution in [0.25, 0.3) is 11.1 Å². The largest absolute Gasteiger partial charge is 0.449 e. The Hall–Kier alpha value is -3.35. The van der Waals surface area contributed by atoms with Crippen molar-refractivity contribution in [1.82, 2.24) is 10.4 Å². The van der Waals surface area contributed by atoms with Crippen molar-refractivity contribution in [2.24, 2.45) is 5.92 Å². The van der Waals surface area contributed by atoms with Crippen molar-refractivity contribution in [3.8, 4) is 11.1 Å². The standard InChI is InChI=1S/C24H26N2O5/c1-15(2)22(23(28)31-26-13-7-12-21(26)27)25-24(29)30-14-20-18-10-5-3-8-16(18)17-9-4-6-11-19(17)20/h3-6,8-11,15,20,22H,7,12-14H2,1-2H3,(H,25,29)/t22-/m1/s1. The second-order valence-electron chi connectivity index (χ2n) is 8.20. The third-order valence-electron chi connectivity index (χ3n) is 5.77. The molecule has 1 atom stereocenters. The van der Waals surface area contributed by atoms with E-state index in [9.17, 15) is 14.4 Å². The van der Waals surface area contributed by atoms with Crippen molar-refractivity contribution in [1.29, 1.82) is 0 Å². The number of nitrogens with one attached hydrogen (secondary N) is 1. The molecule has 2 aliphatic rings. The molecule has 0 aromatic heterocycles. The fourth-order valence-electron chi connectivity index (χ4n) is 4.15. The van der Waals surface area contributed by atoms with Gasteiger partial charge in [-0.25, -0.2) is 9.59 Å². The van der Waals surface area contributed by atoms with E-state index in [1.807, 2.05) is 36.4 Å². The first kappa shape index (κ1) is 20.9. The maximum absolute atomic E-state index is 12.5. The number of benzene rings is 2. The Morgan fingerprint density at radius 1 is 1.06 bits per heavy atom. The summed E-state index contributed by atoms with van der Waals surface area (Å²) < 4.78 is 5.52. The molecule has 0 spiro atoms. The molecule has 31 heavy (non-hydrogen) atoms. The van der Waals surface area contributed by atoms with E-state index in [0.717, 1.165) is 27.3 Å². The van der Waals surface area contributed by atoms with E-state index in [1.54, 1.807) is 13.8 Å². The van der Waals surface area contributed by atoms with Gasteiger partial charge < -0.3 is 14.9 Å². The Morgan fingerprint density at radius 3 is 2.23 bits per heavy atom. The molecule has 0 saturated carbocycles. The zero-order valence-corrected chi connectivity index (χ0v) is 17.7. The fourth-order valence-corrected chi connectivity index (χ4v) is 4.15. The van der Waals surface area contributed by atoms with Crippen LogP contribution in [0.3, 0.4) is 0 Å². The smallest absolute Gasteiger partial charge is 0.407 e. The van der Waals surface area contributed by atoms with Crippen molar-refractivity contribution in [2.75, 3.05) is 13.2 Å². The number of carbonyl (C=O) groups excluding carboxylic acids is 3. The maximum atomic E-state index is 12.5. The van der Waals surface area contributed by atoms with Gasteiger partial charge >= 0.3 is 12.1 Å². The highest BCUT2D eigenvalue weighted by Crippen LogP contribution is 2.44. The van der Waals surface area contributed by atoms with Gasteiger partial charge in [-0.15, -0.1) is 0 Å². The Morgan fingerprint density at radius 2 is 1.68 bits per heavy atom. The van der Waals surface area contributed by atoms with E-state index < -0.39 is 18.1 Å². The Bertz CT molecular complexity index is 957. The normalized spacial score (nSPS) is 16.1. The Kier molecular flexibility index (Phi) is 5.93. The predicted molar refractivity (Wildman–Crippen MR) is 114 cm³/mol. The highest BCUT2D eigenvalue weighted by molar-refractivity contribution is 5.84. The molecule has 0 radical (unpaired) electrons. The van der Waals surface area contributed by atoms with Gasteiger partial charge in [-0.1, -0.05) is 62.4 Å². The zero-order valence-electron chi connectivity index (χ0n) is 17.7. The fraction of sp³-hybridized carbons (Fsp3) is 0.375. The van der Waals surface area contributed by atoms with Gasteiger partial charge in [0.05, 0.1) is 6.54 Å². The van der Waals surface area contributed by atoms with E-state index in [-0.39, 0.29) is 24.3 Å². The predicted octanol–water partition coefficient (Wildman–Crippen LogP) is 3.63. The quantitative estimate of drug-likeness (QED) is 0.768. The van der Waals surface area contributed by atoms with E-state index in [1.165, 1.54) is 0 Å². The zero-order chi connectivity index (χ0) is 22.0. The summed E-state index contributed by atoms with van der Waals surface area (Å²) >= 11 is 0. The number of hydrogen-bond acceptors (Lipinski definition) is 5. The highest BCUT2D eigenvalue weighted by Gasteiger charge is 2.33. The molecule has 1 N–H and O–H groups in total. The van der Waals surface area contributed by atoms with Crippen molar-refractivity contribution in [3.63, 3.8) is 0 Å². The second-order valence-corrected chi connectivity index (χ2v) is 8.20. The van der Waals surface area contributed by atoms with Gasteiger partial charge in [0.15, 0.2) is 0 Å². The number of amides is 2. The molecule has 162 valence electrons. The average molecular weight is 422 g/mol. The molecule has 0 unspecified atom stereocenters. The lowest BCUT2D eigenvalue weighted by molar-refractivity contribution is -0.195. The SMILES string of the molecule is CC(C)[C@@H](NC(=O)OCC1c2ccccc2-c2ccccc21)C(=O)ON1CCCC1=O. The molecule has 1 fully saturated rings. The maximum Gasteiger partial charge on any atom is 0.407 e. The Balaban J connectivity index is 1.40. The number of alkyl carbamates (subject to hydrolysis) is 1. The first-order valence-corrected chi connectivity index (χ1v) is 10.6. The molecule has 7 nitrogen and oxygen atoms in total. The van der Waals surface area contributed by atoms with Gasteiger partial charge in [0.2, 0.25) is 0 Å². The van der Waals surface area contributed by atoms with Crippen molar-refractivity contribution in [2.45, 2.75) is 38.6 Å². The lowest BCUT2D eigenvalue weighted by Gasteiger charge is -2.23. The average Bonchev–Trinajstić information content (AvgIpc) is 3.31. The van der Waals surface area contributed by atoms with Gasteiger partial charge in [0.1, 0.15) is 12.6 Å². The summed E-state index contributed by atoms with van der Waals surface area (Å²) in [6.45, 7) is 4.12. The second kappa shape index (κ2) is 8.79. The van der Waals surface area contributed by atoms with E-state index in [4.69, 9.17) is 9.57 Å². The van der Waals surface area contributed by atoms with Crippen LogP contribution < -0.4 is 5.32 Å². The van der Waals surface area contributed by atoms with E-state index >= 15 is 0 Å². The first-order valence-electron chi connectivity index (χ1n) is 10.6. The molecule has 1 saturated heterocycles. The molecule has 0 bridgehead atoms. The molecule has 7 heteroatoms. The van der Waals surface area contributed by atoms with E-state index in [0.29, 0.717) is 19.4 Å². The number of nitrogens with zero attached hydrogens (tertiary/aromatic N) is 1. The van der Waals surface area contributed by atoms with Gasteiger partial charge in [0, 0.05) is 12.3 Å². The molecular weight excluding hydrogens is 396 g/mol. The molecule has 2 aromatic rings. The molecule has 1 aliphatic carbocycles. The molecular formula is C24H26N2O5. The number of fused-ring (bicyclic) bond motifs is 3. The van der Waals surface area contributed by atoms with Gasteiger partial charge in [0.25, 0.3) is 5.91 Å². The molecule has 4 rings (SSSR count). The minimum Gasteiger partial charge on any atom is -0.449 e. The molecule has 2 aromatic carbocycles. The highest BCUT2D eigenvalue weighted by atomic mass is 16.7. The first-order chi connectivity index (χ1) is 15.0. The summed E-state index contributed by atoms with van der Waals surface area (Å²) in [4.78, 5) is 42.0. The molecule has 2 amide bonds. The Labute approximate surface area is 181 Å². The van der Waals surface area contributed by atoms with Crippen molar-refractivity contribution >= 4 is 18.0 Å². The van der Waals surface area contributed by atoms with Crippen molar-refractivity contribution in [3.05, 3.63) is 59.7 Å². The van der Waals surface area contributed by atoms with Crippen LogP contribution in [0.2, 0.25) is 0 Å². The minimum atomic E-state index is -0.913. The summed E-state index contributed by atoms with van der Waals surface area (Å²) in [6.07, 6.45) is 0.322. The van der Waals surface area contributed by atoms with Crippen LogP contribution in [0, 0.1) is 5.92 Å². The number of ether oxygens (including phenoxy) is 1. The van der Waals surface area contributed by atoms with Gasteiger partial charge in [-0.05, 0) is 34.6 Å². The summed E-state index contributed by atoms with van der Waals surface area (Å²) in [6, 6.07) is 15.3. The van der Waals surface area contributed by atoms with Crippen molar-refractivity contribution < 1.29 is 24.0 Å². The monoisotopic (exact) mass is 422 g/mol. The number of carbonyl (C=O) groups is 3. The summed E-state index contributed by atoms with van der Waals surface area (Å²) in [5, 5.41) is 3.67. The van der Waals surface area contributed by atoms with Gasteiger partial charge in [-0.2, -0.15) is 5.06 Å².